The number of carbonyl (C=O) groups excluding carboxylic acids is 1. The first-order valence-corrected chi connectivity index (χ1v) is 4.70. The Hall–Kier alpha value is -1.08. The molecule has 0 heterocycles. The number of nitriles is 1. The second-order valence-electron chi connectivity index (χ2n) is 3.27. The van der Waals surface area contributed by atoms with E-state index >= 15 is 0 Å². The average Bonchev–Trinajstić information content (AvgIpc) is 2.02. The van der Waals surface area contributed by atoms with Gasteiger partial charge in [-0.2, -0.15) is 5.26 Å². The van der Waals surface area contributed by atoms with Crippen LogP contribution in [0, 0.1) is 11.3 Å². The summed E-state index contributed by atoms with van der Waals surface area (Å²) in [7, 11) is 0. The van der Waals surface area contributed by atoms with Crippen LogP contribution in [0.15, 0.2) is 0 Å². The number of rotatable bonds is 5. The van der Waals surface area contributed by atoms with Gasteiger partial charge >= 0.3 is 0 Å². The zero-order valence-electron chi connectivity index (χ0n) is 7.68. The molecule has 1 fully saturated rings. The van der Waals surface area contributed by atoms with Crippen molar-refractivity contribution in [3.8, 4) is 6.07 Å². The molecule has 13 heavy (non-hydrogen) atoms. The summed E-state index contributed by atoms with van der Waals surface area (Å²) in [6.07, 6.45) is 4.03. The lowest BCUT2D eigenvalue weighted by molar-refractivity contribution is -0.120. The second kappa shape index (κ2) is 5.55. The highest BCUT2D eigenvalue weighted by molar-refractivity contribution is 5.77. The van der Waals surface area contributed by atoms with Crippen LogP contribution in [0.25, 0.3) is 0 Å². The van der Waals surface area contributed by atoms with Gasteiger partial charge in [-0.1, -0.05) is 6.42 Å². The molecule has 0 spiro atoms. The molecule has 0 aromatic rings. The molecule has 72 valence electrons. The zero-order chi connectivity index (χ0) is 9.52. The molecule has 0 radical (unpaired) electrons. The number of hydrogen-bond donors (Lipinski definition) is 2. The number of hydrogen-bond acceptors (Lipinski definition) is 3. The van der Waals surface area contributed by atoms with E-state index in [0.29, 0.717) is 25.6 Å². The molecule has 0 bridgehead atoms. The fraction of sp³-hybridized carbons (Fsp3) is 0.778. The third-order valence-electron chi connectivity index (χ3n) is 2.22. The topological polar surface area (TPSA) is 64.9 Å². The fourth-order valence-corrected chi connectivity index (χ4v) is 1.17. The molecule has 0 atom stereocenters. The summed E-state index contributed by atoms with van der Waals surface area (Å²) in [6, 6.07) is 2.52. The van der Waals surface area contributed by atoms with Crippen LogP contribution < -0.4 is 10.6 Å². The molecule has 1 aliphatic carbocycles. The number of nitrogens with one attached hydrogen (secondary N) is 2. The van der Waals surface area contributed by atoms with E-state index in [1.54, 1.807) is 0 Å². The van der Waals surface area contributed by atoms with Crippen LogP contribution in [-0.2, 0) is 4.79 Å². The van der Waals surface area contributed by atoms with Gasteiger partial charge in [-0.05, 0) is 12.8 Å². The van der Waals surface area contributed by atoms with Crippen LogP contribution in [0.3, 0.4) is 0 Å². The van der Waals surface area contributed by atoms with Gasteiger partial charge in [-0.3, -0.25) is 4.79 Å². The Labute approximate surface area is 78.3 Å². The van der Waals surface area contributed by atoms with Crippen molar-refractivity contribution in [3.05, 3.63) is 0 Å². The van der Waals surface area contributed by atoms with Gasteiger partial charge in [0.05, 0.1) is 19.0 Å². The molecule has 0 saturated heterocycles. The van der Waals surface area contributed by atoms with Crippen molar-refractivity contribution in [3.63, 3.8) is 0 Å². The maximum Gasteiger partial charge on any atom is 0.233 e. The van der Waals surface area contributed by atoms with Crippen LogP contribution in [0.1, 0.15) is 25.7 Å². The largest absolute Gasteiger partial charge is 0.354 e. The highest BCUT2D eigenvalue weighted by atomic mass is 16.1. The average molecular weight is 181 g/mol. The van der Waals surface area contributed by atoms with Crippen molar-refractivity contribution in [2.45, 2.75) is 31.7 Å². The van der Waals surface area contributed by atoms with Crippen molar-refractivity contribution in [1.82, 2.24) is 10.6 Å². The number of amides is 1. The Balaban J connectivity index is 1.94. The Morgan fingerprint density at radius 2 is 2.31 bits per heavy atom. The lowest BCUT2D eigenvalue weighted by Crippen LogP contribution is -2.42. The normalized spacial score (nSPS) is 15.9. The first kappa shape index (κ1) is 10.0. The molecule has 0 unspecified atom stereocenters. The van der Waals surface area contributed by atoms with E-state index in [4.69, 9.17) is 5.26 Å². The smallest absolute Gasteiger partial charge is 0.233 e. The minimum atomic E-state index is -0.0119. The Morgan fingerprint density at radius 3 is 2.85 bits per heavy atom. The number of carbonyl (C=O) groups is 1. The van der Waals surface area contributed by atoms with Crippen LogP contribution in [0.4, 0.5) is 0 Å². The van der Waals surface area contributed by atoms with Gasteiger partial charge in [0, 0.05) is 12.6 Å². The van der Waals surface area contributed by atoms with E-state index < -0.39 is 0 Å². The Bertz CT molecular complexity index is 205. The monoisotopic (exact) mass is 181 g/mol. The van der Waals surface area contributed by atoms with Crippen molar-refractivity contribution >= 4 is 5.91 Å². The van der Waals surface area contributed by atoms with Crippen molar-refractivity contribution in [1.29, 1.82) is 5.26 Å². The predicted molar refractivity (Wildman–Crippen MR) is 48.9 cm³/mol. The molecule has 4 nitrogen and oxygen atoms in total. The first-order valence-electron chi connectivity index (χ1n) is 4.70. The molecule has 1 rings (SSSR count). The quantitative estimate of drug-likeness (QED) is 0.594. The molecule has 0 aromatic carbocycles. The highest BCUT2D eigenvalue weighted by Crippen LogP contribution is 2.17. The van der Waals surface area contributed by atoms with Crippen LogP contribution in [-0.4, -0.2) is 25.0 Å². The van der Waals surface area contributed by atoms with Gasteiger partial charge in [0.2, 0.25) is 5.91 Å². The van der Waals surface area contributed by atoms with Crippen molar-refractivity contribution < 1.29 is 4.79 Å². The van der Waals surface area contributed by atoms with E-state index in [9.17, 15) is 4.79 Å². The summed E-state index contributed by atoms with van der Waals surface area (Å²) in [5.74, 6) is -0.0119. The van der Waals surface area contributed by atoms with Gasteiger partial charge < -0.3 is 10.6 Å². The fourth-order valence-electron chi connectivity index (χ4n) is 1.17. The summed E-state index contributed by atoms with van der Waals surface area (Å²) in [5.41, 5.74) is 0. The molecule has 0 aromatic heterocycles. The second-order valence-corrected chi connectivity index (χ2v) is 3.27. The zero-order valence-corrected chi connectivity index (χ0v) is 7.68. The van der Waals surface area contributed by atoms with Crippen LogP contribution in [0.5, 0.6) is 0 Å². The molecule has 4 heteroatoms. The molecule has 1 amide bonds. The van der Waals surface area contributed by atoms with Gasteiger partial charge in [0.15, 0.2) is 0 Å². The van der Waals surface area contributed by atoms with Gasteiger partial charge in [-0.15, -0.1) is 0 Å². The molecule has 1 aliphatic rings. The Kier molecular flexibility index (Phi) is 4.27. The lowest BCUT2D eigenvalue weighted by atomic mass is 9.93. The minimum absolute atomic E-state index is 0.0119. The Morgan fingerprint density at radius 1 is 1.54 bits per heavy atom. The van der Waals surface area contributed by atoms with E-state index in [1.165, 1.54) is 19.3 Å². The SMILES string of the molecule is N#CCCNC(=O)CNC1CCC1. The van der Waals surface area contributed by atoms with Crippen LogP contribution >= 0.6 is 0 Å². The predicted octanol–water partition coefficient (Wildman–Crippen LogP) is 0.158. The van der Waals surface area contributed by atoms with E-state index in [2.05, 4.69) is 10.6 Å². The van der Waals surface area contributed by atoms with Crippen molar-refractivity contribution in [2.75, 3.05) is 13.1 Å². The standard InChI is InChI=1S/C9H15N3O/c10-5-2-6-11-9(13)7-12-8-3-1-4-8/h8,12H,1-4,6-7H2,(H,11,13). The summed E-state index contributed by atoms with van der Waals surface area (Å²) in [4.78, 5) is 11.1. The maximum atomic E-state index is 11.1. The molecular formula is C9H15N3O. The lowest BCUT2D eigenvalue weighted by Gasteiger charge is -2.26. The summed E-state index contributed by atoms with van der Waals surface area (Å²) in [5, 5.41) is 14.0. The van der Waals surface area contributed by atoms with E-state index in [1.807, 2.05) is 6.07 Å². The van der Waals surface area contributed by atoms with Gasteiger partial charge in [0.25, 0.3) is 0 Å². The summed E-state index contributed by atoms with van der Waals surface area (Å²) in [6.45, 7) is 0.845. The molecule has 2 N–H and O–H groups in total. The maximum absolute atomic E-state index is 11.1. The molecule has 1 saturated carbocycles. The first-order chi connectivity index (χ1) is 6.33. The van der Waals surface area contributed by atoms with E-state index in [0.717, 1.165) is 0 Å². The third-order valence-corrected chi connectivity index (χ3v) is 2.22. The third kappa shape index (κ3) is 3.90. The van der Waals surface area contributed by atoms with Gasteiger partial charge in [0.1, 0.15) is 0 Å². The highest BCUT2D eigenvalue weighted by Gasteiger charge is 2.16. The van der Waals surface area contributed by atoms with E-state index in [-0.39, 0.29) is 5.91 Å². The number of nitrogens with zero attached hydrogens (tertiary/aromatic N) is 1. The summed E-state index contributed by atoms with van der Waals surface area (Å²) < 4.78 is 0. The molecule has 0 aliphatic heterocycles. The molecular weight excluding hydrogens is 166 g/mol. The summed E-state index contributed by atoms with van der Waals surface area (Å²) >= 11 is 0. The van der Waals surface area contributed by atoms with Gasteiger partial charge in [-0.25, -0.2) is 0 Å². The minimum Gasteiger partial charge on any atom is -0.354 e. The van der Waals surface area contributed by atoms with Crippen molar-refractivity contribution in [2.24, 2.45) is 0 Å². The van der Waals surface area contributed by atoms with Crippen LogP contribution in [0.2, 0.25) is 0 Å².